The van der Waals surface area contributed by atoms with Gasteiger partial charge in [-0.3, -0.25) is 4.79 Å². The first-order chi connectivity index (χ1) is 13.7. The Morgan fingerprint density at radius 1 is 1.28 bits per heavy atom. The summed E-state index contributed by atoms with van der Waals surface area (Å²) in [6.07, 6.45) is 1.48. The van der Waals surface area contributed by atoms with Crippen LogP contribution in [0.15, 0.2) is 54.7 Å². The van der Waals surface area contributed by atoms with Crippen LogP contribution in [-0.4, -0.2) is 47.7 Å². The molecule has 8 nitrogen and oxygen atoms in total. The SMILES string of the molecule is COc1cccc(-n2ncc(C(=O)Nc3ccc(C4CNCCO4)cc3)n2)c1.Cl. The number of nitrogens with zero attached hydrogens (tertiary/aromatic N) is 3. The summed E-state index contributed by atoms with van der Waals surface area (Å²) >= 11 is 0. The van der Waals surface area contributed by atoms with Gasteiger partial charge in [-0.05, 0) is 29.8 Å². The lowest BCUT2D eigenvalue weighted by Crippen LogP contribution is -2.33. The van der Waals surface area contributed by atoms with Crippen LogP contribution < -0.4 is 15.4 Å². The Morgan fingerprint density at radius 2 is 2.10 bits per heavy atom. The van der Waals surface area contributed by atoms with Crippen LogP contribution in [0.25, 0.3) is 5.69 Å². The van der Waals surface area contributed by atoms with E-state index >= 15 is 0 Å². The lowest BCUT2D eigenvalue weighted by molar-refractivity contribution is 0.0277. The smallest absolute Gasteiger partial charge is 0.277 e. The maximum Gasteiger partial charge on any atom is 0.277 e. The molecular formula is C20H22ClN5O3. The Kier molecular flexibility index (Phi) is 6.82. The second-order valence-corrected chi connectivity index (χ2v) is 6.36. The predicted octanol–water partition coefficient (Wildman–Crippen LogP) is 2.61. The largest absolute Gasteiger partial charge is 0.497 e. The van der Waals surface area contributed by atoms with E-state index in [4.69, 9.17) is 9.47 Å². The van der Waals surface area contributed by atoms with E-state index in [1.54, 1.807) is 13.2 Å². The quantitative estimate of drug-likeness (QED) is 0.665. The third kappa shape index (κ3) is 4.92. The van der Waals surface area contributed by atoms with Crippen molar-refractivity contribution in [1.82, 2.24) is 20.3 Å². The number of carbonyl (C=O) groups is 1. The Morgan fingerprint density at radius 3 is 2.83 bits per heavy atom. The summed E-state index contributed by atoms with van der Waals surface area (Å²) in [6.45, 7) is 2.37. The van der Waals surface area contributed by atoms with E-state index in [1.807, 2.05) is 42.5 Å². The highest BCUT2D eigenvalue weighted by atomic mass is 35.5. The number of nitrogens with one attached hydrogen (secondary N) is 2. The van der Waals surface area contributed by atoms with Gasteiger partial charge >= 0.3 is 0 Å². The summed E-state index contributed by atoms with van der Waals surface area (Å²) in [6, 6.07) is 14.9. The molecule has 0 radical (unpaired) electrons. The molecule has 1 fully saturated rings. The van der Waals surface area contributed by atoms with Gasteiger partial charge in [-0.15, -0.1) is 17.5 Å². The first-order valence-electron chi connectivity index (χ1n) is 9.03. The second kappa shape index (κ2) is 9.51. The van der Waals surface area contributed by atoms with Crippen LogP contribution in [0.5, 0.6) is 5.75 Å². The minimum absolute atomic E-state index is 0. The zero-order valence-corrected chi connectivity index (χ0v) is 16.7. The van der Waals surface area contributed by atoms with Crippen molar-refractivity contribution in [3.05, 3.63) is 66.0 Å². The van der Waals surface area contributed by atoms with Crippen molar-refractivity contribution in [3.8, 4) is 11.4 Å². The number of aromatic nitrogens is 3. The number of methoxy groups -OCH3 is 1. The number of morpholine rings is 1. The first kappa shape index (κ1) is 20.8. The maximum atomic E-state index is 12.5. The highest BCUT2D eigenvalue weighted by molar-refractivity contribution is 6.02. The Bertz CT molecular complexity index is 955. The van der Waals surface area contributed by atoms with Crippen LogP contribution in [0.3, 0.4) is 0 Å². The topological polar surface area (TPSA) is 90.3 Å². The fourth-order valence-corrected chi connectivity index (χ4v) is 2.98. The molecule has 1 unspecified atom stereocenters. The molecule has 9 heteroatoms. The fourth-order valence-electron chi connectivity index (χ4n) is 2.98. The van der Waals surface area contributed by atoms with E-state index < -0.39 is 0 Å². The number of carbonyl (C=O) groups excluding carboxylic acids is 1. The molecule has 1 amide bonds. The molecule has 1 aliphatic heterocycles. The minimum Gasteiger partial charge on any atom is -0.497 e. The molecule has 1 aliphatic rings. The van der Waals surface area contributed by atoms with Crippen LogP contribution in [0.2, 0.25) is 0 Å². The number of hydrogen-bond acceptors (Lipinski definition) is 6. The van der Waals surface area contributed by atoms with Crippen molar-refractivity contribution >= 4 is 24.0 Å². The van der Waals surface area contributed by atoms with Crippen molar-refractivity contribution in [2.45, 2.75) is 6.10 Å². The molecule has 2 N–H and O–H groups in total. The molecule has 0 spiro atoms. The van der Waals surface area contributed by atoms with Crippen molar-refractivity contribution in [2.75, 3.05) is 32.1 Å². The normalized spacial score (nSPS) is 16.0. The summed E-state index contributed by atoms with van der Waals surface area (Å²) in [7, 11) is 1.59. The van der Waals surface area contributed by atoms with Crippen molar-refractivity contribution < 1.29 is 14.3 Å². The molecule has 152 valence electrons. The van der Waals surface area contributed by atoms with Crippen LogP contribution in [-0.2, 0) is 4.74 Å². The predicted molar refractivity (Wildman–Crippen MR) is 111 cm³/mol. The maximum absolute atomic E-state index is 12.5. The summed E-state index contributed by atoms with van der Waals surface area (Å²) in [5, 5.41) is 14.6. The van der Waals surface area contributed by atoms with Crippen LogP contribution >= 0.6 is 12.4 Å². The van der Waals surface area contributed by atoms with Gasteiger partial charge in [0.15, 0.2) is 5.69 Å². The van der Waals surface area contributed by atoms with Gasteiger partial charge in [0.25, 0.3) is 5.91 Å². The number of ether oxygens (including phenoxy) is 2. The molecular weight excluding hydrogens is 394 g/mol. The standard InChI is InChI=1S/C20H21N5O3.ClH/c1-27-17-4-2-3-16(11-17)25-22-12-18(24-25)20(26)23-15-7-5-14(6-8-15)19-13-21-9-10-28-19;/h2-8,11-12,19,21H,9-10,13H2,1H3,(H,23,26);1H. The highest BCUT2D eigenvalue weighted by Gasteiger charge is 2.16. The van der Waals surface area contributed by atoms with Gasteiger partial charge < -0.3 is 20.1 Å². The number of halogens is 1. The van der Waals surface area contributed by atoms with E-state index in [-0.39, 0.29) is 30.1 Å². The molecule has 2 heterocycles. The number of amides is 1. The third-order valence-electron chi connectivity index (χ3n) is 4.48. The van der Waals surface area contributed by atoms with E-state index in [0.29, 0.717) is 23.7 Å². The molecule has 2 aromatic carbocycles. The third-order valence-corrected chi connectivity index (χ3v) is 4.48. The highest BCUT2D eigenvalue weighted by Crippen LogP contribution is 2.21. The van der Waals surface area contributed by atoms with Crippen molar-refractivity contribution in [2.24, 2.45) is 0 Å². The summed E-state index contributed by atoms with van der Waals surface area (Å²) in [4.78, 5) is 13.9. The lowest BCUT2D eigenvalue weighted by atomic mass is 10.1. The average Bonchev–Trinajstić information content (AvgIpc) is 3.25. The van der Waals surface area contributed by atoms with Crippen molar-refractivity contribution in [3.63, 3.8) is 0 Å². The lowest BCUT2D eigenvalue weighted by Gasteiger charge is -2.24. The molecule has 1 aromatic heterocycles. The van der Waals surface area contributed by atoms with Crippen molar-refractivity contribution in [1.29, 1.82) is 0 Å². The van der Waals surface area contributed by atoms with Gasteiger partial charge in [-0.1, -0.05) is 18.2 Å². The summed E-state index contributed by atoms with van der Waals surface area (Å²) < 4.78 is 10.9. The molecule has 3 aromatic rings. The number of anilines is 1. The Hall–Kier alpha value is -2.94. The molecule has 0 saturated carbocycles. The van der Waals surface area contributed by atoms with Gasteiger partial charge in [0.2, 0.25) is 0 Å². The molecule has 0 bridgehead atoms. The fraction of sp³-hybridized carbons (Fsp3) is 0.250. The average molecular weight is 416 g/mol. The van der Waals surface area contributed by atoms with Gasteiger partial charge in [0, 0.05) is 24.8 Å². The zero-order chi connectivity index (χ0) is 19.3. The number of benzene rings is 2. The molecule has 1 atom stereocenters. The first-order valence-corrected chi connectivity index (χ1v) is 9.03. The van der Waals surface area contributed by atoms with Crippen LogP contribution in [0, 0.1) is 0 Å². The summed E-state index contributed by atoms with van der Waals surface area (Å²) in [5.41, 5.74) is 2.71. The molecule has 0 aliphatic carbocycles. The van der Waals surface area contributed by atoms with Gasteiger partial charge in [0.05, 0.1) is 31.7 Å². The Labute approximate surface area is 174 Å². The summed E-state index contributed by atoms with van der Waals surface area (Å²) in [5.74, 6) is 0.371. The van der Waals surface area contributed by atoms with E-state index in [0.717, 1.165) is 18.7 Å². The minimum atomic E-state index is -0.322. The number of hydrogen-bond donors (Lipinski definition) is 2. The van der Waals surface area contributed by atoms with Gasteiger partial charge in [-0.25, -0.2) is 0 Å². The van der Waals surface area contributed by atoms with E-state index in [2.05, 4.69) is 20.8 Å². The van der Waals surface area contributed by atoms with E-state index in [9.17, 15) is 4.79 Å². The van der Waals surface area contributed by atoms with E-state index in [1.165, 1.54) is 11.0 Å². The molecule has 29 heavy (non-hydrogen) atoms. The Balaban J connectivity index is 0.00000240. The van der Waals surface area contributed by atoms with Gasteiger partial charge in [-0.2, -0.15) is 9.90 Å². The van der Waals surface area contributed by atoms with Gasteiger partial charge in [0.1, 0.15) is 5.75 Å². The zero-order valence-electron chi connectivity index (χ0n) is 15.9. The van der Waals surface area contributed by atoms with Crippen LogP contribution in [0.4, 0.5) is 5.69 Å². The molecule has 4 rings (SSSR count). The monoisotopic (exact) mass is 415 g/mol. The molecule has 1 saturated heterocycles. The van der Waals surface area contributed by atoms with Crippen LogP contribution in [0.1, 0.15) is 22.2 Å². The second-order valence-electron chi connectivity index (χ2n) is 6.36. The number of rotatable bonds is 5.